The Morgan fingerprint density at radius 3 is 2.80 bits per heavy atom. The summed E-state index contributed by atoms with van der Waals surface area (Å²) in [7, 11) is -3.06. The lowest BCUT2D eigenvalue weighted by Crippen LogP contribution is -2.49. The van der Waals surface area contributed by atoms with Crippen LogP contribution in [0.2, 0.25) is 0 Å². The molecule has 8 heteroatoms. The predicted molar refractivity (Wildman–Crippen MR) is 73.9 cm³/mol. The third-order valence-corrected chi connectivity index (χ3v) is 6.88. The fourth-order valence-corrected chi connectivity index (χ4v) is 4.86. The quantitative estimate of drug-likeness (QED) is 0.859. The summed E-state index contributed by atoms with van der Waals surface area (Å²) < 4.78 is 30.8. The largest absolute Gasteiger partial charge is 0.339 e. The van der Waals surface area contributed by atoms with E-state index in [1.165, 1.54) is 4.31 Å². The van der Waals surface area contributed by atoms with E-state index in [2.05, 4.69) is 10.1 Å². The van der Waals surface area contributed by atoms with Crippen LogP contribution in [0.1, 0.15) is 24.7 Å². The van der Waals surface area contributed by atoms with Gasteiger partial charge in [-0.2, -0.15) is 9.29 Å². The van der Waals surface area contributed by atoms with Crippen molar-refractivity contribution in [2.24, 2.45) is 0 Å². The van der Waals surface area contributed by atoms with E-state index < -0.39 is 10.0 Å². The third kappa shape index (κ3) is 1.99. The zero-order valence-corrected chi connectivity index (χ0v) is 12.2. The van der Waals surface area contributed by atoms with E-state index in [0.717, 1.165) is 17.7 Å². The van der Waals surface area contributed by atoms with Crippen molar-refractivity contribution in [3.63, 3.8) is 0 Å². The van der Waals surface area contributed by atoms with Gasteiger partial charge < -0.3 is 4.52 Å². The van der Waals surface area contributed by atoms with Gasteiger partial charge in [0.25, 0.3) is 0 Å². The maximum absolute atomic E-state index is 12.0. The molecular formula is C12H13N3O3S2. The molecule has 2 fully saturated rings. The highest BCUT2D eigenvalue weighted by molar-refractivity contribution is 7.90. The second-order valence-electron chi connectivity index (χ2n) is 5.19. The van der Waals surface area contributed by atoms with Crippen LogP contribution in [0.5, 0.6) is 0 Å². The lowest BCUT2D eigenvalue weighted by molar-refractivity contribution is 0.216. The summed E-state index contributed by atoms with van der Waals surface area (Å²) in [5, 5.41) is 5.76. The molecule has 4 rings (SSSR count). The Hall–Kier alpha value is -1.25. The summed E-state index contributed by atoms with van der Waals surface area (Å²) in [5.74, 6) is 1.15. The molecule has 0 amide bonds. The molecule has 1 saturated carbocycles. The number of aromatic nitrogens is 2. The Morgan fingerprint density at radius 2 is 2.15 bits per heavy atom. The first-order valence-electron chi connectivity index (χ1n) is 6.51. The van der Waals surface area contributed by atoms with Gasteiger partial charge in [0.05, 0.1) is 16.0 Å². The summed E-state index contributed by atoms with van der Waals surface area (Å²) in [6.45, 7) is 0.926. The molecular weight excluding hydrogens is 298 g/mol. The molecule has 0 atom stereocenters. The molecule has 3 heterocycles. The molecule has 2 aromatic heterocycles. The van der Waals surface area contributed by atoms with Crippen LogP contribution in [0, 0.1) is 0 Å². The number of nitrogens with zero attached hydrogens (tertiary/aromatic N) is 3. The summed E-state index contributed by atoms with van der Waals surface area (Å²) in [5.41, 5.74) is 0. The number of hydrogen-bond acceptors (Lipinski definition) is 6. The van der Waals surface area contributed by atoms with Gasteiger partial charge in [0.1, 0.15) is 0 Å². The van der Waals surface area contributed by atoms with Gasteiger partial charge in [-0.25, -0.2) is 8.42 Å². The molecule has 0 radical (unpaired) electrons. The Labute approximate surface area is 120 Å². The van der Waals surface area contributed by atoms with Gasteiger partial charge in [-0.05, 0) is 24.3 Å². The molecule has 106 valence electrons. The molecule has 1 saturated heterocycles. The first-order valence-corrected chi connectivity index (χ1v) is 8.89. The molecule has 20 heavy (non-hydrogen) atoms. The van der Waals surface area contributed by atoms with E-state index in [1.807, 2.05) is 17.5 Å². The Morgan fingerprint density at radius 1 is 1.35 bits per heavy atom. The van der Waals surface area contributed by atoms with Gasteiger partial charge in [-0.3, -0.25) is 0 Å². The van der Waals surface area contributed by atoms with Crippen molar-refractivity contribution in [1.29, 1.82) is 0 Å². The summed E-state index contributed by atoms with van der Waals surface area (Å²) in [6.07, 6.45) is 1.60. The van der Waals surface area contributed by atoms with Crippen LogP contribution in [0.25, 0.3) is 10.7 Å². The van der Waals surface area contributed by atoms with Crippen LogP contribution >= 0.6 is 11.3 Å². The first-order chi connectivity index (χ1) is 9.64. The third-order valence-electron chi connectivity index (χ3n) is 3.69. The molecule has 0 N–H and O–H groups in total. The van der Waals surface area contributed by atoms with Gasteiger partial charge in [-0.15, -0.1) is 11.3 Å². The number of thiophene rings is 1. The zero-order chi connectivity index (χ0) is 13.7. The average Bonchev–Trinajstić information content (AvgIpc) is 2.89. The smallest absolute Gasteiger partial charge is 0.232 e. The monoisotopic (exact) mass is 311 g/mol. The lowest BCUT2D eigenvalue weighted by Gasteiger charge is -2.35. The van der Waals surface area contributed by atoms with Crippen molar-refractivity contribution in [1.82, 2.24) is 14.4 Å². The number of sulfonamides is 1. The molecule has 2 aromatic rings. The summed E-state index contributed by atoms with van der Waals surface area (Å²) in [4.78, 5) is 5.32. The van der Waals surface area contributed by atoms with E-state index >= 15 is 0 Å². The Balaban J connectivity index is 1.46. The highest BCUT2D eigenvalue weighted by Crippen LogP contribution is 2.37. The standard InChI is InChI=1S/C12H13N3O3S2/c16-20(17,9-3-4-9)15-6-8(7-15)12-13-11(14-18-12)10-2-1-5-19-10/h1-2,5,8-9H,3-4,6-7H2. The van der Waals surface area contributed by atoms with Crippen molar-refractivity contribution in [3.8, 4) is 10.7 Å². The fourth-order valence-electron chi connectivity index (χ4n) is 2.29. The molecule has 6 nitrogen and oxygen atoms in total. The SMILES string of the molecule is O=S(=O)(C1CC1)N1CC(c2nc(-c3cccs3)no2)C1. The maximum atomic E-state index is 12.0. The van der Waals surface area contributed by atoms with E-state index in [4.69, 9.17) is 4.52 Å². The normalized spacial score (nSPS) is 21.0. The van der Waals surface area contributed by atoms with E-state index in [0.29, 0.717) is 24.8 Å². The van der Waals surface area contributed by atoms with Crippen molar-refractivity contribution in [3.05, 3.63) is 23.4 Å². The first kappa shape index (κ1) is 12.5. The summed E-state index contributed by atoms with van der Waals surface area (Å²) in [6, 6.07) is 3.87. The highest BCUT2D eigenvalue weighted by Gasteiger charge is 2.46. The molecule has 0 spiro atoms. The van der Waals surface area contributed by atoms with Gasteiger partial charge in [-0.1, -0.05) is 11.2 Å². The van der Waals surface area contributed by atoms with Crippen molar-refractivity contribution < 1.29 is 12.9 Å². The van der Waals surface area contributed by atoms with Crippen molar-refractivity contribution in [2.75, 3.05) is 13.1 Å². The summed E-state index contributed by atoms with van der Waals surface area (Å²) >= 11 is 1.55. The van der Waals surface area contributed by atoms with Gasteiger partial charge in [0.2, 0.25) is 21.7 Å². The second kappa shape index (κ2) is 4.37. The predicted octanol–water partition coefficient (Wildman–Crippen LogP) is 1.69. The topological polar surface area (TPSA) is 76.3 Å². The minimum absolute atomic E-state index is 0.0322. The minimum Gasteiger partial charge on any atom is -0.339 e. The van der Waals surface area contributed by atoms with E-state index in [9.17, 15) is 8.42 Å². The lowest BCUT2D eigenvalue weighted by atomic mass is 10.0. The molecule has 0 bridgehead atoms. The average molecular weight is 311 g/mol. The Bertz CT molecular complexity index is 713. The van der Waals surface area contributed by atoms with Crippen LogP contribution in [0.4, 0.5) is 0 Å². The maximum Gasteiger partial charge on any atom is 0.232 e. The van der Waals surface area contributed by atoms with E-state index in [1.54, 1.807) is 11.3 Å². The highest BCUT2D eigenvalue weighted by atomic mass is 32.2. The van der Waals surface area contributed by atoms with Crippen LogP contribution in [0.3, 0.4) is 0 Å². The van der Waals surface area contributed by atoms with Crippen LogP contribution < -0.4 is 0 Å². The molecule has 1 aliphatic carbocycles. The van der Waals surface area contributed by atoms with Gasteiger partial charge >= 0.3 is 0 Å². The van der Waals surface area contributed by atoms with E-state index in [-0.39, 0.29) is 11.2 Å². The van der Waals surface area contributed by atoms with Gasteiger partial charge in [0.15, 0.2) is 0 Å². The van der Waals surface area contributed by atoms with Crippen LogP contribution in [-0.2, 0) is 10.0 Å². The van der Waals surface area contributed by atoms with Crippen molar-refractivity contribution in [2.45, 2.75) is 24.0 Å². The Kier molecular flexibility index (Phi) is 2.73. The minimum atomic E-state index is -3.06. The van der Waals surface area contributed by atoms with Crippen LogP contribution in [0.15, 0.2) is 22.0 Å². The molecule has 1 aliphatic heterocycles. The molecule has 0 aromatic carbocycles. The zero-order valence-electron chi connectivity index (χ0n) is 10.6. The number of hydrogen-bond donors (Lipinski definition) is 0. The second-order valence-corrected chi connectivity index (χ2v) is 8.35. The molecule has 0 unspecified atom stereocenters. The molecule has 2 aliphatic rings. The number of rotatable bonds is 4. The fraction of sp³-hybridized carbons (Fsp3) is 0.500. The van der Waals surface area contributed by atoms with Crippen LogP contribution in [-0.4, -0.2) is 41.2 Å². The van der Waals surface area contributed by atoms with Gasteiger partial charge in [0, 0.05) is 13.1 Å². The van der Waals surface area contributed by atoms with Crippen molar-refractivity contribution >= 4 is 21.4 Å².